The van der Waals surface area contributed by atoms with E-state index in [1.165, 1.54) is 0 Å². The third kappa shape index (κ3) is 7.31. The third-order valence-corrected chi connectivity index (χ3v) is 6.95. The normalized spacial score (nSPS) is 14.2. The first-order valence-corrected chi connectivity index (χ1v) is 14.1. The zero-order valence-corrected chi connectivity index (χ0v) is 23.7. The van der Waals surface area contributed by atoms with E-state index in [0.717, 1.165) is 47.6 Å². The van der Waals surface area contributed by atoms with E-state index in [9.17, 15) is 14.4 Å². The van der Waals surface area contributed by atoms with Crippen molar-refractivity contribution in [2.45, 2.75) is 71.8 Å². The van der Waals surface area contributed by atoms with E-state index in [-0.39, 0.29) is 17.8 Å². The number of nitrogens with zero attached hydrogens (tertiary/aromatic N) is 2. The molecule has 0 saturated carbocycles. The van der Waals surface area contributed by atoms with Crippen LogP contribution in [0.5, 0.6) is 5.75 Å². The van der Waals surface area contributed by atoms with Crippen molar-refractivity contribution in [2.75, 3.05) is 43.0 Å². The highest BCUT2D eigenvalue weighted by Gasteiger charge is 2.32. The lowest BCUT2D eigenvalue weighted by Crippen LogP contribution is -2.40. The van der Waals surface area contributed by atoms with Crippen LogP contribution in [0.3, 0.4) is 0 Å². The molecule has 210 valence electrons. The van der Waals surface area contributed by atoms with Gasteiger partial charge in [-0.1, -0.05) is 12.1 Å². The number of nitrogens with one attached hydrogen (secondary N) is 1. The Morgan fingerprint density at radius 2 is 1.85 bits per heavy atom. The second-order valence-electron chi connectivity index (χ2n) is 11.2. The van der Waals surface area contributed by atoms with Crippen LogP contribution in [0.25, 0.3) is 0 Å². The van der Waals surface area contributed by atoms with Crippen LogP contribution in [-0.2, 0) is 22.4 Å². The maximum Gasteiger partial charge on any atom is 0.410 e. The number of carbonyl (C=O) groups excluding carboxylic acids is 3. The van der Waals surface area contributed by atoms with Gasteiger partial charge in [0.1, 0.15) is 11.4 Å². The summed E-state index contributed by atoms with van der Waals surface area (Å²) >= 11 is 0. The van der Waals surface area contributed by atoms with Gasteiger partial charge in [0.15, 0.2) is 5.78 Å². The first kappa shape index (κ1) is 28.5. The van der Waals surface area contributed by atoms with Gasteiger partial charge in [-0.15, -0.1) is 0 Å². The van der Waals surface area contributed by atoms with Crippen LogP contribution in [0.1, 0.15) is 74.9 Å². The molecule has 8 nitrogen and oxygen atoms in total. The van der Waals surface area contributed by atoms with E-state index < -0.39 is 5.60 Å². The largest absolute Gasteiger partial charge is 0.492 e. The van der Waals surface area contributed by atoms with E-state index in [0.29, 0.717) is 57.5 Å². The highest BCUT2D eigenvalue weighted by molar-refractivity contribution is 6.05. The van der Waals surface area contributed by atoms with Gasteiger partial charge in [0, 0.05) is 38.2 Å². The fourth-order valence-electron chi connectivity index (χ4n) is 5.21. The number of rotatable bonds is 12. The Balaban J connectivity index is 1.31. The van der Waals surface area contributed by atoms with Crippen molar-refractivity contribution >= 4 is 29.2 Å². The molecular formula is C31H41N3O5. The van der Waals surface area contributed by atoms with Crippen molar-refractivity contribution in [1.29, 1.82) is 0 Å². The molecule has 39 heavy (non-hydrogen) atoms. The molecule has 2 aliphatic heterocycles. The topological polar surface area (TPSA) is 88.2 Å². The van der Waals surface area contributed by atoms with Gasteiger partial charge < -0.3 is 24.6 Å². The minimum atomic E-state index is -0.592. The number of amides is 2. The summed E-state index contributed by atoms with van der Waals surface area (Å²) in [5.41, 5.74) is 4.12. The molecule has 0 aromatic heterocycles. The van der Waals surface area contributed by atoms with Crippen molar-refractivity contribution < 1.29 is 23.9 Å². The van der Waals surface area contributed by atoms with E-state index in [1.807, 2.05) is 69.0 Å². The first-order chi connectivity index (χ1) is 18.7. The average molecular weight is 536 g/mol. The number of hydrogen-bond acceptors (Lipinski definition) is 6. The van der Waals surface area contributed by atoms with Crippen molar-refractivity contribution in [3.63, 3.8) is 0 Å². The number of ether oxygens (including phenoxy) is 2. The van der Waals surface area contributed by atoms with Crippen LogP contribution in [0.4, 0.5) is 16.2 Å². The van der Waals surface area contributed by atoms with Gasteiger partial charge in [0.05, 0.1) is 24.4 Å². The van der Waals surface area contributed by atoms with Gasteiger partial charge in [-0.2, -0.15) is 0 Å². The van der Waals surface area contributed by atoms with E-state index in [1.54, 1.807) is 4.90 Å². The molecule has 0 fully saturated rings. The van der Waals surface area contributed by atoms with E-state index >= 15 is 0 Å². The van der Waals surface area contributed by atoms with Gasteiger partial charge >= 0.3 is 6.09 Å². The van der Waals surface area contributed by atoms with Crippen LogP contribution in [0.15, 0.2) is 36.4 Å². The van der Waals surface area contributed by atoms with Crippen molar-refractivity contribution in [1.82, 2.24) is 4.90 Å². The number of Topliss-reactive ketones (excluding diaryl/α,β-unsaturated/α-hetero) is 1. The molecule has 0 aliphatic carbocycles. The van der Waals surface area contributed by atoms with E-state index in [4.69, 9.17) is 9.47 Å². The van der Waals surface area contributed by atoms with Crippen LogP contribution < -0.4 is 15.0 Å². The molecule has 2 aromatic rings. The average Bonchev–Trinajstić information content (AvgIpc) is 3.21. The fourth-order valence-corrected chi connectivity index (χ4v) is 5.21. The Bertz CT molecular complexity index is 1200. The van der Waals surface area contributed by atoms with Crippen LogP contribution in [0.2, 0.25) is 0 Å². The molecule has 0 unspecified atom stereocenters. The van der Waals surface area contributed by atoms with Gasteiger partial charge in [-0.05, 0) is 88.8 Å². The maximum absolute atomic E-state index is 13.0. The molecule has 0 bridgehead atoms. The molecule has 0 saturated heterocycles. The predicted octanol–water partition coefficient (Wildman–Crippen LogP) is 5.62. The summed E-state index contributed by atoms with van der Waals surface area (Å²) in [7, 11) is 0. The van der Waals surface area contributed by atoms with Gasteiger partial charge in [0.25, 0.3) is 0 Å². The molecule has 0 radical (unpaired) electrons. The quantitative estimate of drug-likeness (QED) is 0.280. The summed E-state index contributed by atoms with van der Waals surface area (Å²) in [5.74, 6) is 0.997. The lowest BCUT2D eigenvalue weighted by molar-refractivity contribution is -0.117. The molecule has 8 heteroatoms. The number of para-hydroxylation sites is 2. The van der Waals surface area contributed by atoms with Crippen LogP contribution in [0, 0.1) is 0 Å². The Labute approximate surface area is 231 Å². The van der Waals surface area contributed by atoms with Crippen molar-refractivity contribution in [3.8, 4) is 5.75 Å². The second kappa shape index (κ2) is 12.5. The smallest absolute Gasteiger partial charge is 0.410 e. The molecule has 0 spiro atoms. The molecular weight excluding hydrogens is 494 g/mol. The number of anilines is 2. The summed E-state index contributed by atoms with van der Waals surface area (Å²) in [6.45, 7) is 10.4. The third-order valence-electron chi connectivity index (χ3n) is 6.95. The lowest BCUT2D eigenvalue weighted by atomic mass is 9.94. The van der Waals surface area contributed by atoms with Crippen LogP contribution in [-0.4, -0.2) is 61.1 Å². The second-order valence-corrected chi connectivity index (χ2v) is 11.2. The number of aryl methyl sites for hydroxylation is 1. The Hall–Kier alpha value is -3.55. The Morgan fingerprint density at radius 1 is 1.08 bits per heavy atom. The molecule has 0 atom stereocenters. The van der Waals surface area contributed by atoms with Gasteiger partial charge in [0.2, 0.25) is 5.91 Å². The highest BCUT2D eigenvalue weighted by atomic mass is 16.6. The zero-order chi connectivity index (χ0) is 28.0. The molecule has 4 rings (SSSR count). The number of benzene rings is 2. The number of hydrogen-bond donors (Lipinski definition) is 1. The van der Waals surface area contributed by atoms with Crippen LogP contribution >= 0.6 is 0 Å². The molecule has 2 amide bonds. The zero-order valence-electron chi connectivity index (χ0n) is 23.7. The first-order valence-electron chi connectivity index (χ1n) is 14.1. The maximum atomic E-state index is 13.0. The highest BCUT2D eigenvalue weighted by Crippen LogP contribution is 2.37. The molecule has 2 aromatic carbocycles. The standard InChI is InChI=1S/C31H41N3O5/c1-5-38-27-14-7-6-12-25(27)32-15-18-33(30(37)39-31(2,3)4)16-9-8-13-26(35)23-19-22-11-10-17-34-28(36)21-24(20-23)29(22)34/h6-7,12,14,19-20,32H,5,8-11,13,15-18,21H2,1-4H3. The summed E-state index contributed by atoms with van der Waals surface area (Å²) < 4.78 is 11.3. The van der Waals surface area contributed by atoms with Crippen molar-refractivity contribution in [3.05, 3.63) is 53.1 Å². The Kier molecular flexibility index (Phi) is 9.15. The van der Waals surface area contributed by atoms with Crippen molar-refractivity contribution in [2.24, 2.45) is 0 Å². The SMILES string of the molecule is CCOc1ccccc1NCCN(CCCCC(=O)c1cc2c3c(c1)CC(=O)N3CCC2)C(=O)OC(C)(C)C. The Morgan fingerprint density at radius 3 is 2.62 bits per heavy atom. The van der Waals surface area contributed by atoms with E-state index in [2.05, 4.69) is 5.32 Å². The summed E-state index contributed by atoms with van der Waals surface area (Å²) in [6.07, 6.45) is 3.61. The number of carbonyl (C=O) groups is 3. The summed E-state index contributed by atoms with van der Waals surface area (Å²) in [6, 6.07) is 11.6. The summed E-state index contributed by atoms with van der Waals surface area (Å²) in [4.78, 5) is 41.9. The predicted molar refractivity (Wildman–Crippen MR) is 153 cm³/mol. The van der Waals surface area contributed by atoms with Gasteiger partial charge in [-0.3, -0.25) is 9.59 Å². The lowest BCUT2D eigenvalue weighted by Gasteiger charge is -2.28. The molecule has 2 aliphatic rings. The summed E-state index contributed by atoms with van der Waals surface area (Å²) in [5, 5.41) is 3.36. The number of ketones is 1. The molecule has 1 N–H and O–H groups in total. The fraction of sp³-hybridized carbons (Fsp3) is 0.516. The minimum absolute atomic E-state index is 0.0866. The van der Waals surface area contributed by atoms with Gasteiger partial charge in [-0.25, -0.2) is 4.79 Å². The minimum Gasteiger partial charge on any atom is -0.492 e. The number of unbranched alkanes of at least 4 members (excludes halogenated alkanes) is 1. The molecule has 2 heterocycles. The monoisotopic (exact) mass is 535 g/mol.